The summed E-state index contributed by atoms with van der Waals surface area (Å²) in [6, 6.07) is 16.3. The van der Waals surface area contributed by atoms with Crippen molar-refractivity contribution in [2.75, 3.05) is 13.1 Å². The molecule has 0 aromatic heterocycles. The number of halogens is 1. The minimum Gasteiger partial charge on any atom is -0.460 e. The Morgan fingerprint density at radius 2 is 1.91 bits per heavy atom. The van der Waals surface area contributed by atoms with Crippen LogP contribution in [0.25, 0.3) is 0 Å². The van der Waals surface area contributed by atoms with E-state index in [0.717, 1.165) is 29.5 Å². The molecule has 4 rings (SSSR count). The quantitative estimate of drug-likeness (QED) is 0.435. The molecule has 0 saturated carbocycles. The van der Waals surface area contributed by atoms with Crippen molar-refractivity contribution in [2.45, 2.75) is 37.7 Å². The second kappa shape index (κ2) is 11.3. The number of rotatable bonds is 8. The van der Waals surface area contributed by atoms with Crippen molar-refractivity contribution in [3.63, 3.8) is 0 Å². The number of amides is 2. The van der Waals surface area contributed by atoms with Gasteiger partial charge in [0.1, 0.15) is 12.6 Å². The second-order valence-electron chi connectivity index (χ2n) is 8.46. The average Bonchev–Trinajstić information content (AvgIpc) is 3.25. The number of hydrogen-bond donors (Lipinski definition) is 4. The highest BCUT2D eigenvalue weighted by molar-refractivity contribution is 6.30. The maximum absolute atomic E-state index is 12.9. The Morgan fingerprint density at radius 1 is 1.15 bits per heavy atom. The van der Waals surface area contributed by atoms with E-state index in [2.05, 4.69) is 33.9 Å². The lowest BCUT2D eigenvalue weighted by molar-refractivity contribution is -0.147. The van der Waals surface area contributed by atoms with E-state index in [1.54, 1.807) is 6.08 Å². The second-order valence-corrected chi connectivity index (χ2v) is 8.89. The van der Waals surface area contributed by atoms with E-state index >= 15 is 0 Å². The number of carbonyl (C=O) groups is 2. The molecule has 0 radical (unpaired) electrons. The maximum Gasteiger partial charge on any atom is 0.325 e. The molecule has 178 valence electrons. The first kappa shape index (κ1) is 24.0. The molecule has 2 amide bonds. The molecule has 8 heteroatoms. The number of benzene rings is 2. The Labute approximate surface area is 204 Å². The highest BCUT2D eigenvalue weighted by Crippen LogP contribution is 2.30. The van der Waals surface area contributed by atoms with Crippen molar-refractivity contribution in [2.24, 2.45) is 0 Å². The number of fused-ring (bicyclic) bond motifs is 1. The molecule has 2 aliphatic rings. The summed E-state index contributed by atoms with van der Waals surface area (Å²) in [4.78, 5) is 25.6. The van der Waals surface area contributed by atoms with Gasteiger partial charge in [-0.15, -0.1) is 0 Å². The summed E-state index contributed by atoms with van der Waals surface area (Å²) in [5, 5.41) is 12.7. The summed E-state index contributed by atoms with van der Waals surface area (Å²) >= 11 is 6.35. The summed E-state index contributed by atoms with van der Waals surface area (Å²) in [6.07, 6.45) is 3.09. The maximum atomic E-state index is 12.9. The molecule has 0 spiro atoms. The molecule has 0 fully saturated rings. The van der Waals surface area contributed by atoms with Crippen LogP contribution in [0.4, 0.5) is 4.79 Å². The van der Waals surface area contributed by atoms with Gasteiger partial charge in [-0.1, -0.05) is 72.8 Å². The third-order valence-electron chi connectivity index (χ3n) is 5.93. The first-order chi connectivity index (χ1) is 16.5. The van der Waals surface area contributed by atoms with Gasteiger partial charge in [-0.2, -0.15) is 0 Å². The molecule has 3 atom stereocenters. The van der Waals surface area contributed by atoms with Crippen molar-refractivity contribution in [3.05, 3.63) is 94.5 Å². The first-order valence-electron chi connectivity index (χ1n) is 11.4. The van der Waals surface area contributed by atoms with E-state index in [4.69, 9.17) is 16.3 Å². The van der Waals surface area contributed by atoms with Crippen LogP contribution < -0.4 is 21.3 Å². The van der Waals surface area contributed by atoms with Crippen LogP contribution in [0, 0.1) is 0 Å². The van der Waals surface area contributed by atoms with Crippen molar-refractivity contribution >= 4 is 23.6 Å². The Kier molecular flexibility index (Phi) is 8.00. The van der Waals surface area contributed by atoms with Crippen LogP contribution in [0.1, 0.15) is 29.2 Å². The van der Waals surface area contributed by atoms with Crippen molar-refractivity contribution in [1.29, 1.82) is 0 Å². The Bertz CT molecular complexity index is 1070. The number of ether oxygens (including phenoxy) is 1. The van der Waals surface area contributed by atoms with E-state index in [0.29, 0.717) is 11.6 Å². The van der Waals surface area contributed by atoms with Gasteiger partial charge in [0.2, 0.25) is 0 Å². The van der Waals surface area contributed by atoms with E-state index < -0.39 is 18.2 Å². The minimum atomic E-state index is -0.809. The van der Waals surface area contributed by atoms with Gasteiger partial charge in [0, 0.05) is 18.1 Å². The van der Waals surface area contributed by atoms with Gasteiger partial charge in [0.25, 0.3) is 0 Å². The third-order valence-corrected chi connectivity index (χ3v) is 6.26. The molecule has 1 heterocycles. The van der Waals surface area contributed by atoms with E-state index in [1.165, 1.54) is 5.56 Å². The zero-order chi connectivity index (χ0) is 23.9. The molecule has 0 saturated heterocycles. The van der Waals surface area contributed by atoms with E-state index in [1.807, 2.05) is 48.5 Å². The molecule has 7 nitrogen and oxygen atoms in total. The molecule has 2 aromatic carbocycles. The smallest absolute Gasteiger partial charge is 0.325 e. The highest BCUT2D eigenvalue weighted by Gasteiger charge is 2.28. The van der Waals surface area contributed by atoms with Crippen LogP contribution in [0.5, 0.6) is 0 Å². The minimum absolute atomic E-state index is 0.0388. The molecule has 2 unspecified atom stereocenters. The largest absolute Gasteiger partial charge is 0.460 e. The molecule has 2 aromatic rings. The van der Waals surface area contributed by atoms with Crippen LogP contribution in [0.2, 0.25) is 0 Å². The van der Waals surface area contributed by atoms with Crippen molar-refractivity contribution in [1.82, 2.24) is 21.3 Å². The molecular formula is C26H29ClN4O3. The summed E-state index contributed by atoms with van der Waals surface area (Å²) in [7, 11) is 0. The van der Waals surface area contributed by atoms with Gasteiger partial charge in [0.15, 0.2) is 0 Å². The van der Waals surface area contributed by atoms with E-state index in [9.17, 15) is 9.59 Å². The highest BCUT2D eigenvalue weighted by atomic mass is 35.5. The SMILES string of the molecule is C=C1C=C(Cl)C(N[C@@H](CNC(=O)NC2CCc3ccccc32)C(=O)OCc2ccccc2)NC1. The Balaban J connectivity index is 1.36. The zero-order valence-electron chi connectivity index (χ0n) is 18.9. The summed E-state index contributed by atoms with van der Waals surface area (Å²) in [5.41, 5.74) is 4.12. The monoisotopic (exact) mass is 480 g/mol. The van der Waals surface area contributed by atoms with E-state index in [-0.39, 0.29) is 25.2 Å². The lowest BCUT2D eigenvalue weighted by atomic mass is 10.1. The number of esters is 1. The predicted molar refractivity (Wildman–Crippen MR) is 132 cm³/mol. The predicted octanol–water partition coefficient (Wildman–Crippen LogP) is 3.28. The van der Waals surface area contributed by atoms with Crippen LogP contribution in [-0.2, 0) is 22.6 Å². The van der Waals surface area contributed by atoms with Crippen LogP contribution in [-0.4, -0.2) is 37.3 Å². The topological polar surface area (TPSA) is 91.5 Å². The van der Waals surface area contributed by atoms with Crippen molar-refractivity contribution < 1.29 is 14.3 Å². The van der Waals surface area contributed by atoms with Gasteiger partial charge >= 0.3 is 12.0 Å². The fourth-order valence-electron chi connectivity index (χ4n) is 4.15. The number of aryl methyl sites for hydroxylation is 1. The molecular weight excluding hydrogens is 452 g/mol. The fourth-order valence-corrected chi connectivity index (χ4v) is 4.44. The van der Waals surface area contributed by atoms with Gasteiger partial charge in [-0.25, -0.2) is 4.79 Å². The number of nitrogens with one attached hydrogen (secondary N) is 4. The summed E-state index contributed by atoms with van der Waals surface area (Å²) in [5.74, 6) is -0.481. The third kappa shape index (κ3) is 6.26. The molecule has 1 aliphatic carbocycles. The zero-order valence-corrected chi connectivity index (χ0v) is 19.6. The van der Waals surface area contributed by atoms with Crippen LogP contribution in [0.3, 0.4) is 0 Å². The summed E-state index contributed by atoms with van der Waals surface area (Å²) in [6.45, 7) is 4.61. The van der Waals surface area contributed by atoms with Gasteiger partial charge in [-0.3, -0.25) is 15.4 Å². The molecule has 1 aliphatic heterocycles. The Hall–Kier alpha value is -3.13. The molecule has 4 N–H and O–H groups in total. The summed E-state index contributed by atoms with van der Waals surface area (Å²) < 4.78 is 5.52. The molecule has 0 bridgehead atoms. The van der Waals surface area contributed by atoms with Crippen LogP contribution >= 0.6 is 11.6 Å². The number of urea groups is 1. The first-order valence-corrected chi connectivity index (χ1v) is 11.7. The molecule has 34 heavy (non-hydrogen) atoms. The fraction of sp³-hybridized carbons (Fsp3) is 0.308. The average molecular weight is 481 g/mol. The number of hydrogen-bond acceptors (Lipinski definition) is 5. The van der Waals surface area contributed by atoms with Crippen LogP contribution in [0.15, 0.2) is 77.9 Å². The van der Waals surface area contributed by atoms with Gasteiger partial charge in [-0.05, 0) is 41.2 Å². The standard InChI is InChI=1S/C26H29ClN4O3/c1-17-13-21(27)24(28-14-17)30-23(25(32)34-16-18-7-3-2-4-8-18)15-29-26(33)31-22-12-11-19-9-5-6-10-20(19)22/h2-10,13,22-24,28,30H,1,11-12,14-16H2,(H2,29,31,33)/t22?,23-,24?/m0/s1. The van der Waals surface area contributed by atoms with Crippen molar-refractivity contribution in [3.8, 4) is 0 Å². The van der Waals surface area contributed by atoms with Gasteiger partial charge < -0.3 is 15.4 Å². The lowest BCUT2D eigenvalue weighted by Crippen LogP contribution is -2.56. The van der Waals surface area contributed by atoms with Gasteiger partial charge in [0.05, 0.1) is 12.2 Å². The normalized spacial score (nSPS) is 20.1. The lowest BCUT2D eigenvalue weighted by Gasteiger charge is -2.28. The number of carbonyl (C=O) groups excluding carboxylic acids is 2. The Morgan fingerprint density at radius 3 is 2.71 bits per heavy atom.